The molecule has 0 bridgehead atoms. The Morgan fingerprint density at radius 3 is 2.60 bits per heavy atom. The van der Waals surface area contributed by atoms with E-state index >= 15 is 0 Å². The zero-order valence-corrected chi connectivity index (χ0v) is 11.3. The molecule has 0 radical (unpaired) electrons. The van der Waals surface area contributed by atoms with Crippen molar-refractivity contribution in [2.75, 3.05) is 19.1 Å². The molecule has 0 amide bonds. The van der Waals surface area contributed by atoms with Crippen LogP contribution in [0.4, 0.5) is 11.4 Å². The Balaban J connectivity index is 2.22. The van der Waals surface area contributed by atoms with E-state index in [4.69, 9.17) is 4.74 Å². The van der Waals surface area contributed by atoms with Gasteiger partial charge in [-0.15, -0.1) is 0 Å². The predicted octanol–water partition coefficient (Wildman–Crippen LogP) is 2.63. The number of benzene rings is 1. The number of pyridine rings is 1. The lowest BCUT2D eigenvalue weighted by molar-refractivity contribution is -0.385. The zero-order valence-electron chi connectivity index (χ0n) is 11.3. The quantitative estimate of drug-likeness (QED) is 0.618. The maximum absolute atomic E-state index is 10.9. The van der Waals surface area contributed by atoms with Gasteiger partial charge in [0.25, 0.3) is 0 Å². The van der Waals surface area contributed by atoms with Crippen LogP contribution in [0.5, 0.6) is 5.75 Å². The first-order valence-electron chi connectivity index (χ1n) is 6.04. The van der Waals surface area contributed by atoms with E-state index in [1.54, 1.807) is 24.5 Å². The molecule has 6 nitrogen and oxygen atoms in total. The van der Waals surface area contributed by atoms with Gasteiger partial charge in [-0.1, -0.05) is 0 Å². The van der Waals surface area contributed by atoms with E-state index in [-0.39, 0.29) is 11.4 Å². The van der Waals surface area contributed by atoms with Gasteiger partial charge in [-0.3, -0.25) is 15.1 Å². The molecule has 6 heteroatoms. The molecule has 0 N–H and O–H groups in total. The smallest absolute Gasteiger partial charge is 0.311 e. The summed E-state index contributed by atoms with van der Waals surface area (Å²) in [4.78, 5) is 16.4. The Morgan fingerprint density at radius 1 is 1.30 bits per heavy atom. The molecule has 20 heavy (non-hydrogen) atoms. The highest BCUT2D eigenvalue weighted by atomic mass is 16.6. The second kappa shape index (κ2) is 6.01. The van der Waals surface area contributed by atoms with E-state index < -0.39 is 4.92 Å². The van der Waals surface area contributed by atoms with Gasteiger partial charge in [-0.25, -0.2) is 0 Å². The molecule has 1 aromatic heterocycles. The average Bonchev–Trinajstić information content (AvgIpc) is 2.47. The number of ether oxygens (including phenoxy) is 1. The van der Waals surface area contributed by atoms with Gasteiger partial charge in [0.1, 0.15) is 0 Å². The summed E-state index contributed by atoms with van der Waals surface area (Å²) in [6.45, 7) is 0.684. The van der Waals surface area contributed by atoms with Crippen molar-refractivity contribution in [1.29, 1.82) is 0 Å². The van der Waals surface area contributed by atoms with E-state index in [1.807, 2.05) is 24.1 Å². The SMILES string of the molecule is COc1cc(N(C)Cc2ccncc2)ccc1[N+](=O)[O-]. The molecular weight excluding hydrogens is 258 g/mol. The molecule has 2 aromatic rings. The van der Waals surface area contributed by atoms with Crippen molar-refractivity contribution >= 4 is 11.4 Å². The highest BCUT2D eigenvalue weighted by molar-refractivity contribution is 5.59. The monoisotopic (exact) mass is 273 g/mol. The predicted molar refractivity (Wildman–Crippen MR) is 76.0 cm³/mol. The zero-order chi connectivity index (χ0) is 14.5. The van der Waals surface area contributed by atoms with Crippen LogP contribution in [0.1, 0.15) is 5.56 Å². The first-order chi connectivity index (χ1) is 9.61. The number of aromatic nitrogens is 1. The van der Waals surface area contributed by atoms with Crippen molar-refractivity contribution in [2.45, 2.75) is 6.54 Å². The number of rotatable bonds is 5. The summed E-state index contributed by atoms with van der Waals surface area (Å²) >= 11 is 0. The Bertz CT molecular complexity index is 602. The molecule has 104 valence electrons. The fourth-order valence-electron chi connectivity index (χ4n) is 1.91. The van der Waals surface area contributed by atoms with Crippen molar-refractivity contribution in [1.82, 2.24) is 4.98 Å². The lowest BCUT2D eigenvalue weighted by Crippen LogP contribution is -2.16. The van der Waals surface area contributed by atoms with Gasteiger partial charge in [0.15, 0.2) is 5.75 Å². The van der Waals surface area contributed by atoms with Gasteiger partial charge in [0, 0.05) is 43.8 Å². The van der Waals surface area contributed by atoms with Gasteiger partial charge >= 0.3 is 5.69 Å². The van der Waals surface area contributed by atoms with Gasteiger partial charge in [0.05, 0.1) is 12.0 Å². The largest absolute Gasteiger partial charge is 0.490 e. The molecule has 0 unspecified atom stereocenters. The third-order valence-electron chi connectivity index (χ3n) is 2.97. The maximum Gasteiger partial charge on any atom is 0.311 e. The Hall–Kier alpha value is -2.63. The maximum atomic E-state index is 10.9. The molecule has 1 aromatic carbocycles. The first-order valence-corrected chi connectivity index (χ1v) is 6.04. The van der Waals surface area contributed by atoms with Crippen LogP contribution in [0.3, 0.4) is 0 Å². The fraction of sp³-hybridized carbons (Fsp3) is 0.214. The molecule has 0 saturated carbocycles. The second-order valence-corrected chi connectivity index (χ2v) is 4.32. The lowest BCUT2D eigenvalue weighted by Gasteiger charge is -2.19. The van der Waals surface area contributed by atoms with Crippen LogP contribution in [0.2, 0.25) is 0 Å². The van der Waals surface area contributed by atoms with Crippen LogP contribution in [0.25, 0.3) is 0 Å². The number of nitro groups is 1. The average molecular weight is 273 g/mol. The summed E-state index contributed by atoms with van der Waals surface area (Å²) in [5.74, 6) is 0.258. The molecule has 0 atom stereocenters. The van der Waals surface area contributed by atoms with Crippen molar-refractivity contribution in [3.63, 3.8) is 0 Å². The first kappa shape index (κ1) is 13.8. The van der Waals surface area contributed by atoms with Crippen LogP contribution in [-0.4, -0.2) is 24.1 Å². The molecule has 2 rings (SSSR count). The lowest BCUT2D eigenvalue weighted by atomic mass is 10.2. The third kappa shape index (κ3) is 3.03. The van der Waals surface area contributed by atoms with Crippen LogP contribution < -0.4 is 9.64 Å². The number of methoxy groups -OCH3 is 1. The molecule has 0 saturated heterocycles. The fourth-order valence-corrected chi connectivity index (χ4v) is 1.91. The number of nitro benzene ring substituents is 1. The number of hydrogen-bond donors (Lipinski definition) is 0. The Labute approximate surface area is 116 Å². The van der Waals surface area contributed by atoms with Crippen molar-refractivity contribution < 1.29 is 9.66 Å². The molecular formula is C14H15N3O3. The van der Waals surface area contributed by atoms with Crippen molar-refractivity contribution in [3.8, 4) is 5.75 Å². The standard InChI is InChI=1S/C14H15N3O3/c1-16(10-11-5-7-15-8-6-11)12-3-4-13(17(18)19)14(9-12)20-2/h3-9H,10H2,1-2H3. The van der Waals surface area contributed by atoms with Crippen LogP contribution >= 0.6 is 0 Å². The summed E-state index contributed by atoms with van der Waals surface area (Å²) in [6, 6.07) is 8.69. The van der Waals surface area contributed by atoms with E-state index in [9.17, 15) is 10.1 Å². The van der Waals surface area contributed by atoms with Crippen LogP contribution in [0, 0.1) is 10.1 Å². The van der Waals surface area contributed by atoms with E-state index in [0.29, 0.717) is 6.54 Å². The van der Waals surface area contributed by atoms with Crippen LogP contribution in [0.15, 0.2) is 42.7 Å². The summed E-state index contributed by atoms with van der Waals surface area (Å²) < 4.78 is 5.07. The molecule has 1 heterocycles. The van der Waals surface area contributed by atoms with Gasteiger partial charge in [-0.2, -0.15) is 0 Å². The van der Waals surface area contributed by atoms with Crippen molar-refractivity contribution in [2.24, 2.45) is 0 Å². The number of hydrogen-bond acceptors (Lipinski definition) is 5. The van der Waals surface area contributed by atoms with Crippen LogP contribution in [-0.2, 0) is 6.54 Å². The normalized spacial score (nSPS) is 10.1. The van der Waals surface area contributed by atoms with E-state index in [0.717, 1.165) is 11.3 Å². The van der Waals surface area contributed by atoms with E-state index in [2.05, 4.69) is 4.98 Å². The Morgan fingerprint density at radius 2 is 2.00 bits per heavy atom. The summed E-state index contributed by atoms with van der Waals surface area (Å²) in [5, 5.41) is 10.9. The minimum Gasteiger partial charge on any atom is -0.490 e. The minimum absolute atomic E-state index is 0.0337. The summed E-state index contributed by atoms with van der Waals surface area (Å²) in [7, 11) is 3.34. The van der Waals surface area contributed by atoms with E-state index in [1.165, 1.54) is 13.2 Å². The molecule has 0 aliphatic carbocycles. The number of nitrogens with zero attached hydrogens (tertiary/aromatic N) is 3. The summed E-state index contributed by atoms with van der Waals surface area (Å²) in [6.07, 6.45) is 3.47. The topological polar surface area (TPSA) is 68.5 Å². The summed E-state index contributed by atoms with van der Waals surface area (Å²) in [5.41, 5.74) is 1.93. The number of anilines is 1. The highest BCUT2D eigenvalue weighted by Gasteiger charge is 2.16. The Kier molecular flexibility index (Phi) is 4.14. The minimum atomic E-state index is -0.453. The molecule has 0 spiro atoms. The van der Waals surface area contributed by atoms with Crippen molar-refractivity contribution in [3.05, 3.63) is 58.4 Å². The molecule has 0 aliphatic heterocycles. The highest BCUT2D eigenvalue weighted by Crippen LogP contribution is 2.31. The third-order valence-corrected chi connectivity index (χ3v) is 2.97. The van der Waals surface area contributed by atoms with Gasteiger partial charge in [0.2, 0.25) is 0 Å². The van der Waals surface area contributed by atoms with Gasteiger partial charge < -0.3 is 9.64 Å². The molecule has 0 fully saturated rings. The molecule has 0 aliphatic rings. The van der Waals surface area contributed by atoms with Gasteiger partial charge in [-0.05, 0) is 23.8 Å². The second-order valence-electron chi connectivity index (χ2n) is 4.32.